The Labute approximate surface area is 202 Å². The van der Waals surface area contributed by atoms with Gasteiger partial charge >= 0.3 is 0 Å². The van der Waals surface area contributed by atoms with Crippen molar-refractivity contribution in [2.45, 2.75) is 25.4 Å². The number of aliphatic imine (C=N–C) groups is 1. The first-order valence-corrected chi connectivity index (χ1v) is 10.6. The fraction of sp³-hybridized carbons (Fsp3) is 0.417. The number of ether oxygens (including phenoxy) is 1. The van der Waals surface area contributed by atoms with Crippen molar-refractivity contribution in [3.63, 3.8) is 0 Å². The zero-order valence-corrected chi connectivity index (χ0v) is 20.7. The molecule has 2 aromatic rings. The molecule has 3 rings (SSSR count). The summed E-state index contributed by atoms with van der Waals surface area (Å²) in [5.74, 6) is 1.72. The van der Waals surface area contributed by atoms with E-state index in [0.717, 1.165) is 50.6 Å². The third kappa shape index (κ3) is 8.40. The number of hydrogen-bond donors (Lipinski definition) is 1. The number of nitrogens with one attached hydrogen (secondary N) is 1. The molecular weight excluding hydrogens is 503 g/mol. The Bertz CT molecular complexity index is 807. The highest BCUT2D eigenvalue weighted by Crippen LogP contribution is 2.18. The second kappa shape index (κ2) is 13.2. The molecule has 0 spiro atoms. The lowest BCUT2D eigenvalue weighted by Crippen LogP contribution is -2.48. The molecular formula is C24H33IN4O2. The highest BCUT2D eigenvalue weighted by molar-refractivity contribution is 14.0. The first-order chi connectivity index (χ1) is 14.6. The highest BCUT2D eigenvalue weighted by atomic mass is 127. The lowest BCUT2D eigenvalue weighted by atomic mass is 10.1. The van der Waals surface area contributed by atoms with E-state index in [4.69, 9.17) is 4.74 Å². The van der Waals surface area contributed by atoms with Crippen LogP contribution in [0.5, 0.6) is 5.75 Å². The van der Waals surface area contributed by atoms with E-state index in [1.807, 2.05) is 36.4 Å². The molecule has 7 heteroatoms. The lowest BCUT2D eigenvalue weighted by molar-refractivity contribution is -0.127. The summed E-state index contributed by atoms with van der Waals surface area (Å²) >= 11 is 0. The second-order valence-electron chi connectivity index (χ2n) is 7.71. The van der Waals surface area contributed by atoms with Crippen LogP contribution in [0.1, 0.15) is 18.4 Å². The van der Waals surface area contributed by atoms with E-state index in [-0.39, 0.29) is 42.5 Å². The van der Waals surface area contributed by atoms with E-state index in [9.17, 15) is 4.79 Å². The molecule has 0 bridgehead atoms. The first-order valence-electron chi connectivity index (χ1n) is 10.6. The Balaban J connectivity index is 0.00000341. The van der Waals surface area contributed by atoms with Gasteiger partial charge in [0.15, 0.2) is 5.96 Å². The van der Waals surface area contributed by atoms with Crippen molar-refractivity contribution in [2.24, 2.45) is 4.99 Å². The predicted octanol–water partition coefficient (Wildman–Crippen LogP) is 3.42. The zero-order chi connectivity index (χ0) is 21.2. The fourth-order valence-electron chi connectivity index (χ4n) is 3.39. The molecule has 1 fully saturated rings. The van der Waals surface area contributed by atoms with Gasteiger partial charge in [0.25, 0.3) is 0 Å². The second-order valence-corrected chi connectivity index (χ2v) is 7.71. The molecule has 1 aliphatic heterocycles. The van der Waals surface area contributed by atoms with E-state index >= 15 is 0 Å². The summed E-state index contributed by atoms with van der Waals surface area (Å²) in [6, 6.07) is 20.4. The number of rotatable bonds is 7. The van der Waals surface area contributed by atoms with Crippen LogP contribution >= 0.6 is 24.0 Å². The minimum atomic E-state index is -0.000318. The van der Waals surface area contributed by atoms with Gasteiger partial charge in [-0.25, -0.2) is 4.99 Å². The zero-order valence-electron chi connectivity index (χ0n) is 18.4. The van der Waals surface area contributed by atoms with Crippen molar-refractivity contribution < 1.29 is 9.53 Å². The maximum absolute atomic E-state index is 12.0. The van der Waals surface area contributed by atoms with Crippen LogP contribution in [-0.4, -0.2) is 68.0 Å². The van der Waals surface area contributed by atoms with Gasteiger partial charge in [-0.1, -0.05) is 48.5 Å². The van der Waals surface area contributed by atoms with Crippen molar-refractivity contribution in [3.05, 3.63) is 66.2 Å². The van der Waals surface area contributed by atoms with Crippen LogP contribution < -0.4 is 10.1 Å². The Morgan fingerprint density at radius 2 is 1.68 bits per heavy atom. The molecule has 6 nitrogen and oxygen atoms in total. The number of para-hydroxylation sites is 1. The molecule has 2 aromatic carbocycles. The summed E-state index contributed by atoms with van der Waals surface area (Å²) in [6.45, 7) is 2.64. The Kier molecular flexibility index (Phi) is 10.6. The molecule has 0 aliphatic carbocycles. The SMILES string of the molecule is CN(C)C(=O)CN=C(NCCc1ccccc1)N1CCC(Oc2ccccc2)CC1.I. The molecule has 31 heavy (non-hydrogen) atoms. The molecule has 168 valence electrons. The van der Waals surface area contributed by atoms with E-state index in [0.29, 0.717) is 0 Å². The molecule has 0 atom stereocenters. The predicted molar refractivity (Wildman–Crippen MR) is 136 cm³/mol. The van der Waals surface area contributed by atoms with Gasteiger partial charge in [0.1, 0.15) is 18.4 Å². The molecule has 0 unspecified atom stereocenters. The van der Waals surface area contributed by atoms with Crippen LogP contribution in [0.4, 0.5) is 0 Å². The van der Waals surface area contributed by atoms with Crippen molar-refractivity contribution in [1.82, 2.24) is 15.1 Å². The van der Waals surface area contributed by atoms with Crippen LogP contribution in [0.15, 0.2) is 65.7 Å². The van der Waals surface area contributed by atoms with E-state index in [2.05, 4.69) is 39.5 Å². The minimum Gasteiger partial charge on any atom is -0.490 e. The van der Waals surface area contributed by atoms with Gasteiger partial charge in [-0.05, 0) is 24.1 Å². The number of hydrogen-bond acceptors (Lipinski definition) is 3. The van der Waals surface area contributed by atoms with E-state index < -0.39 is 0 Å². The third-order valence-corrected chi connectivity index (χ3v) is 5.19. The fourth-order valence-corrected chi connectivity index (χ4v) is 3.39. The van der Waals surface area contributed by atoms with Crippen molar-refractivity contribution in [2.75, 3.05) is 40.3 Å². The molecule has 0 aromatic heterocycles. The van der Waals surface area contributed by atoms with E-state index in [1.165, 1.54) is 5.56 Å². The maximum atomic E-state index is 12.0. The Morgan fingerprint density at radius 1 is 1.06 bits per heavy atom. The van der Waals surface area contributed by atoms with Crippen LogP contribution in [0.3, 0.4) is 0 Å². The van der Waals surface area contributed by atoms with Gasteiger partial charge < -0.3 is 19.9 Å². The molecule has 1 N–H and O–H groups in total. The smallest absolute Gasteiger partial charge is 0.243 e. The van der Waals surface area contributed by atoms with Gasteiger partial charge in [-0.15, -0.1) is 24.0 Å². The molecule has 1 saturated heterocycles. The van der Waals surface area contributed by atoms with Gasteiger partial charge in [-0.2, -0.15) is 0 Å². The van der Waals surface area contributed by atoms with Gasteiger partial charge in [0.05, 0.1) is 0 Å². The molecule has 1 amide bonds. The highest BCUT2D eigenvalue weighted by Gasteiger charge is 2.23. The number of guanidine groups is 1. The number of likely N-dealkylation sites (tertiary alicyclic amines) is 1. The molecule has 1 heterocycles. The van der Waals surface area contributed by atoms with Crippen molar-refractivity contribution >= 4 is 35.8 Å². The number of likely N-dealkylation sites (N-methyl/N-ethyl adjacent to an activating group) is 1. The third-order valence-electron chi connectivity index (χ3n) is 5.19. The molecule has 0 saturated carbocycles. The standard InChI is InChI=1S/C24H32N4O2.HI/c1-27(2)23(29)19-26-24(25-16-13-20-9-5-3-6-10-20)28-17-14-22(15-18-28)30-21-11-7-4-8-12-21;/h3-12,22H,13-19H2,1-2H3,(H,25,26);1H. The number of benzene rings is 2. The minimum absolute atomic E-state index is 0. The number of halogens is 1. The van der Waals surface area contributed by atoms with Crippen LogP contribution in [0.2, 0.25) is 0 Å². The van der Waals surface area contributed by atoms with Crippen molar-refractivity contribution in [1.29, 1.82) is 0 Å². The topological polar surface area (TPSA) is 57.2 Å². The van der Waals surface area contributed by atoms with Gasteiger partial charge in [0, 0.05) is 46.6 Å². The van der Waals surface area contributed by atoms with Gasteiger partial charge in [0.2, 0.25) is 5.91 Å². The summed E-state index contributed by atoms with van der Waals surface area (Å²) in [6.07, 6.45) is 2.97. The van der Waals surface area contributed by atoms with Crippen LogP contribution in [0, 0.1) is 0 Å². The summed E-state index contributed by atoms with van der Waals surface area (Å²) < 4.78 is 6.10. The quantitative estimate of drug-likeness (QED) is 0.335. The summed E-state index contributed by atoms with van der Waals surface area (Å²) in [4.78, 5) is 20.5. The average molecular weight is 536 g/mol. The monoisotopic (exact) mass is 536 g/mol. The van der Waals surface area contributed by atoms with E-state index in [1.54, 1.807) is 19.0 Å². The Morgan fingerprint density at radius 3 is 2.29 bits per heavy atom. The number of amides is 1. The normalized spacial score (nSPS) is 14.5. The number of carbonyl (C=O) groups is 1. The first kappa shape index (κ1) is 25.0. The summed E-state index contributed by atoms with van der Waals surface area (Å²) in [5, 5.41) is 3.46. The number of carbonyl (C=O) groups excluding carboxylic acids is 1. The Hall–Kier alpha value is -2.29. The summed E-state index contributed by atoms with van der Waals surface area (Å²) in [5.41, 5.74) is 1.28. The maximum Gasteiger partial charge on any atom is 0.243 e. The number of piperidine rings is 1. The van der Waals surface area contributed by atoms with Crippen molar-refractivity contribution in [3.8, 4) is 5.75 Å². The van der Waals surface area contributed by atoms with Crippen LogP contribution in [0.25, 0.3) is 0 Å². The lowest BCUT2D eigenvalue weighted by Gasteiger charge is -2.34. The largest absolute Gasteiger partial charge is 0.490 e. The number of nitrogens with zero attached hydrogens (tertiary/aromatic N) is 3. The average Bonchev–Trinajstić information content (AvgIpc) is 2.78. The summed E-state index contributed by atoms with van der Waals surface area (Å²) in [7, 11) is 3.51. The molecule has 0 radical (unpaired) electrons. The molecule has 1 aliphatic rings. The van der Waals surface area contributed by atoms with Gasteiger partial charge in [-0.3, -0.25) is 4.79 Å². The van der Waals surface area contributed by atoms with Crippen LogP contribution in [-0.2, 0) is 11.2 Å².